The number of aromatic nitrogens is 2. The summed E-state index contributed by atoms with van der Waals surface area (Å²) in [6.45, 7) is 1.23. The van der Waals surface area contributed by atoms with Crippen LogP contribution in [0.25, 0.3) is 0 Å². The molecule has 1 amide bonds. The Morgan fingerprint density at radius 1 is 1.15 bits per heavy atom. The van der Waals surface area contributed by atoms with Gasteiger partial charge in [-0.15, -0.1) is 0 Å². The number of carbonyl (C=O) groups is 1. The number of carbonyl (C=O) groups excluding carboxylic acids is 1. The zero-order chi connectivity index (χ0) is 23.4. The number of hydrogen-bond donors (Lipinski definition) is 2. The average molecular weight is 451 g/mol. The second-order valence-electron chi connectivity index (χ2n) is 8.35. The molecule has 1 unspecified atom stereocenters. The summed E-state index contributed by atoms with van der Waals surface area (Å²) in [5.41, 5.74) is 0.936. The monoisotopic (exact) mass is 450 g/mol. The molecule has 1 aromatic heterocycles. The quantitative estimate of drug-likeness (QED) is 0.601. The van der Waals surface area contributed by atoms with Gasteiger partial charge in [-0.25, -0.2) is 9.37 Å². The lowest BCUT2D eigenvalue weighted by atomic mass is 10.1. The van der Waals surface area contributed by atoms with Crippen molar-refractivity contribution in [1.82, 2.24) is 19.8 Å². The van der Waals surface area contributed by atoms with E-state index in [-0.39, 0.29) is 24.1 Å². The highest BCUT2D eigenvalue weighted by Gasteiger charge is 2.29. The molecule has 0 aliphatic carbocycles. The van der Waals surface area contributed by atoms with E-state index in [4.69, 9.17) is 0 Å². The Kier molecular flexibility index (Phi) is 6.84. The van der Waals surface area contributed by atoms with Gasteiger partial charge >= 0.3 is 0 Å². The highest BCUT2D eigenvalue weighted by atomic mass is 19.1. The van der Waals surface area contributed by atoms with Crippen molar-refractivity contribution in [3.05, 3.63) is 93.4 Å². The van der Waals surface area contributed by atoms with Gasteiger partial charge in [0.05, 0.1) is 6.04 Å². The Labute approximate surface area is 191 Å². The van der Waals surface area contributed by atoms with Crippen LogP contribution in [-0.4, -0.2) is 32.5 Å². The van der Waals surface area contributed by atoms with Crippen molar-refractivity contribution in [2.45, 2.75) is 44.9 Å². The van der Waals surface area contributed by atoms with Gasteiger partial charge in [-0.05, 0) is 49.6 Å². The molecule has 0 saturated heterocycles. The standard InChI is InChI=1S/C25H27FN4O3/c1-29(16-18-7-3-2-4-8-18)20-9-5-6-14-30-23(20)28-21(22(31)25(30)33)24(32)27-15-17-10-12-19(26)13-11-17/h2-4,7-8,10-13,20,31H,5-6,9,14-16H2,1H3,(H,27,32). The van der Waals surface area contributed by atoms with Crippen molar-refractivity contribution < 1.29 is 14.3 Å². The number of nitrogens with zero attached hydrogens (tertiary/aromatic N) is 3. The molecule has 2 aromatic carbocycles. The highest BCUT2D eigenvalue weighted by molar-refractivity contribution is 5.94. The molecular formula is C25H27FN4O3. The van der Waals surface area contributed by atoms with Gasteiger partial charge in [0.1, 0.15) is 11.6 Å². The normalized spacial score (nSPS) is 15.7. The van der Waals surface area contributed by atoms with Crippen molar-refractivity contribution in [3.63, 3.8) is 0 Å². The Bertz CT molecular complexity index is 1180. The van der Waals surface area contributed by atoms with E-state index in [0.29, 0.717) is 24.5 Å². The van der Waals surface area contributed by atoms with E-state index in [0.717, 1.165) is 24.8 Å². The van der Waals surface area contributed by atoms with Crippen LogP contribution in [0.4, 0.5) is 4.39 Å². The molecule has 7 nitrogen and oxygen atoms in total. The van der Waals surface area contributed by atoms with E-state index >= 15 is 0 Å². The predicted octanol–water partition coefficient (Wildman–Crippen LogP) is 3.38. The first-order chi connectivity index (χ1) is 15.9. The molecule has 0 bridgehead atoms. The summed E-state index contributed by atoms with van der Waals surface area (Å²) in [5.74, 6) is -1.18. The van der Waals surface area contributed by atoms with E-state index in [1.807, 2.05) is 37.4 Å². The SMILES string of the molecule is CN(Cc1ccccc1)C1CCCCn2c1nc(C(=O)NCc1ccc(F)cc1)c(O)c2=O. The van der Waals surface area contributed by atoms with Crippen LogP contribution >= 0.6 is 0 Å². The summed E-state index contributed by atoms with van der Waals surface area (Å²) in [7, 11) is 1.97. The molecule has 4 rings (SSSR count). The second-order valence-corrected chi connectivity index (χ2v) is 8.35. The maximum atomic E-state index is 13.1. The average Bonchev–Trinajstić information content (AvgIpc) is 3.04. The van der Waals surface area contributed by atoms with E-state index < -0.39 is 17.2 Å². The number of hydrogen-bond acceptors (Lipinski definition) is 5. The Morgan fingerprint density at radius 2 is 1.88 bits per heavy atom. The van der Waals surface area contributed by atoms with Crippen molar-refractivity contribution in [2.24, 2.45) is 0 Å². The molecule has 2 N–H and O–H groups in total. The summed E-state index contributed by atoms with van der Waals surface area (Å²) in [5, 5.41) is 13.2. The topological polar surface area (TPSA) is 87.5 Å². The fourth-order valence-electron chi connectivity index (χ4n) is 4.19. The number of fused-ring (bicyclic) bond motifs is 1. The predicted molar refractivity (Wildman–Crippen MR) is 122 cm³/mol. The zero-order valence-electron chi connectivity index (χ0n) is 18.5. The summed E-state index contributed by atoms with van der Waals surface area (Å²) in [4.78, 5) is 32.4. The first-order valence-corrected chi connectivity index (χ1v) is 11.0. The number of halogens is 1. The maximum Gasteiger partial charge on any atom is 0.296 e. The van der Waals surface area contributed by atoms with Gasteiger partial charge < -0.3 is 10.4 Å². The smallest absolute Gasteiger partial charge is 0.296 e. The third-order valence-corrected chi connectivity index (χ3v) is 5.97. The Morgan fingerprint density at radius 3 is 2.61 bits per heavy atom. The fraction of sp³-hybridized carbons (Fsp3) is 0.320. The van der Waals surface area contributed by atoms with Crippen LogP contribution in [0.5, 0.6) is 5.75 Å². The van der Waals surface area contributed by atoms with Gasteiger partial charge in [-0.2, -0.15) is 0 Å². The van der Waals surface area contributed by atoms with Gasteiger partial charge in [0.15, 0.2) is 5.69 Å². The zero-order valence-corrected chi connectivity index (χ0v) is 18.5. The summed E-state index contributed by atoms with van der Waals surface area (Å²) in [6, 6.07) is 15.6. The van der Waals surface area contributed by atoms with Gasteiger partial charge in [-0.3, -0.25) is 19.1 Å². The van der Waals surface area contributed by atoms with Crippen LogP contribution in [0.1, 0.15) is 52.7 Å². The second kappa shape index (κ2) is 9.95. The molecule has 8 heteroatoms. The number of amides is 1. The van der Waals surface area contributed by atoms with Crippen LogP contribution in [0.15, 0.2) is 59.4 Å². The summed E-state index contributed by atoms with van der Waals surface area (Å²) in [6.07, 6.45) is 2.48. The Hall–Kier alpha value is -3.52. The lowest BCUT2D eigenvalue weighted by molar-refractivity contribution is 0.0940. The molecule has 33 heavy (non-hydrogen) atoms. The highest BCUT2D eigenvalue weighted by Crippen LogP contribution is 2.29. The minimum absolute atomic E-state index is 0.121. The van der Waals surface area contributed by atoms with E-state index in [1.165, 1.54) is 16.7 Å². The van der Waals surface area contributed by atoms with Gasteiger partial charge in [-0.1, -0.05) is 42.5 Å². The molecule has 1 aliphatic rings. The van der Waals surface area contributed by atoms with Crippen molar-refractivity contribution in [1.29, 1.82) is 0 Å². The van der Waals surface area contributed by atoms with Crippen molar-refractivity contribution in [2.75, 3.05) is 7.05 Å². The molecular weight excluding hydrogens is 423 g/mol. The van der Waals surface area contributed by atoms with Crippen molar-refractivity contribution >= 4 is 5.91 Å². The van der Waals surface area contributed by atoms with Crippen LogP contribution in [-0.2, 0) is 19.6 Å². The lowest BCUT2D eigenvalue weighted by Gasteiger charge is -2.28. The molecule has 1 atom stereocenters. The fourth-order valence-corrected chi connectivity index (χ4v) is 4.19. The van der Waals surface area contributed by atoms with E-state index in [1.54, 1.807) is 12.1 Å². The van der Waals surface area contributed by atoms with Crippen LogP contribution in [0, 0.1) is 5.82 Å². The van der Waals surface area contributed by atoms with Gasteiger partial charge in [0.2, 0.25) is 5.75 Å². The lowest BCUT2D eigenvalue weighted by Crippen LogP contribution is -2.35. The first-order valence-electron chi connectivity index (χ1n) is 11.0. The molecule has 172 valence electrons. The molecule has 0 saturated carbocycles. The number of aromatic hydroxyl groups is 1. The van der Waals surface area contributed by atoms with Gasteiger partial charge in [0, 0.05) is 19.6 Å². The Balaban J connectivity index is 1.62. The number of nitrogens with one attached hydrogen (secondary N) is 1. The minimum Gasteiger partial charge on any atom is -0.501 e. The van der Waals surface area contributed by atoms with E-state index in [9.17, 15) is 19.1 Å². The largest absolute Gasteiger partial charge is 0.501 e. The van der Waals surface area contributed by atoms with Crippen LogP contribution in [0.3, 0.4) is 0 Å². The molecule has 3 aromatic rings. The van der Waals surface area contributed by atoms with Gasteiger partial charge in [0.25, 0.3) is 11.5 Å². The molecule has 0 fully saturated rings. The molecule has 1 aliphatic heterocycles. The number of rotatable bonds is 6. The third kappa shape index (κ3) is 5.12. The maximum absolute atomic E-state index is 13.1. The summed E-state index contributed by atoms with van der Waals surface area (Å²) >= 11 is 0. The van der Waals surface area contributed by atoms with Crippen LogP contribution < -0.4 is 10.9 Å². The first kappa shape index (κ1) is 22.7. The molecule has 0 radical (unpaired) electrons. The minimum atomic E-state index is -0.651. The van der Waals surface area contributed by atoms with Crippen molar-refractivity contribution in [3.8, 4) is 5.75 Å². The van der Waals surface area contributed by atoms with Crippen LogP contribution in [0.2, 0.25) is 0 Å². The molecule has 0 spiro atoms. The van der Waals surface area contributed by atoms with E-state index in [2.05, 4.69) is 15.2 Å². The molecule has 2 heterocycles. The third-order valence-electron chi connectivity index (χ3n) is 5.97. The number of benzene rings is 2. The summed E-state index contributed by atoms with van der Waals surface area (Å²) < 4.78 is 14.6.